The summed E-state index contributed by atoms with van der Waals surface area (Å²) in [5.41, 5.74) is -2.11. The summed E-state index contributed by atoms with van der Waals surface area (Å²) in [6.45, 7) is 2.17. The molecule has 1 N–H and O–H groups in total. The lowest BCUT2D eigenvalue weighted by Crippen LogP contribution is -2.43. The summed E-state index contributed by atoms with van der Waals surface area (Å²) in [5, 5.41) is 8.94. The zero-order valence-corrected chi connectivity index (χ0v) is 11.0. The molecule has 0 aliphatic carbocycles. The van der Waals surface area contributed by atoms with Crippen molar-refractivity contribution < 1.29 is 28.5 Å². The summed E-state index contributed by atoms with van der Waals surface area (Å²) < 4.78 is 28.4. The minimum absolute atomic E-state index is 0.114. The molecule has 0 aliphatic heterocycles. The van der Waals surface area contributed by atoms with E-state index in [0.717, 1.165) is 13.8 Å². The predicted octanol–water partition coefficient (Wildman–Crippen LogP) is 1.07. The zero-order chi connectivity index (χ0) is 14.6. The molecule has 0 aromatic carbocycles. The topological polar surface area (TPSA) is 90.8 Å². The number of ether oxygens (including phenoxy) is 3. The van der Waals surface area contributed by atoms with Crippen LogP contribution in [0.3, 0.4) is 0 Å². The van der Waals surface area contributed by atoms with Crippen molar-refractivity contribution >= 4 is 5.97 Å². The molecule has 1 unspecified atom stereocenters. The fraction of sp³-hybridized carbons (Fsp3) is 0.545. The molecule has 0 bridgehead atoms. The number of aromatic nitrogens is 2. The van der Waals surface area contributed by atoms with Gasteiger partial charge in [0.25, 0.3) is 0 Å². The number of methoxy groups -OCH3 is 2. The van der Waals surface area contributed by atoms with Gasteiger partial charge in [-0.15, -0.1) is 0 Å². The Hall–Kier alpha value is -2.12. The zero-order valence-electron chi connectivity index (χ0n) is 11.0. The fourth-order valence-corrected chi connectivity index (χ4v) is 1.24. The number of carbonyl (C=O) groups is 1. The van der Waals surface area contributed by atoms with Gasteiger partial charge in [-0.05, 0) is 13.8 Å². The number of halogens is 1. The molecule has 0 fully saturated rings. The smallest absolute Gasteiger partial charge is 0.348 e. The molecule has 0 aliphatic rings. The Bertz CT molecular complexity index is 439. The SMILES string of the molecule is COc1cc(OC)nc(OC(C(=O)O)C(C)(C)F)n1. The Kier molecular flexibility index (Phi) is 4.47. The lowest BCUT2D eigenvalue weighted by atomic mass is 10.0. The van der Waals surface area contributed by atoms with Gasteiger partial charge in [-0.25, -0.2) is 9.18 Å². The number of hydrogen-bond donors (Lipinski definition) is 1. The normalized spacial score (nSPS) is 12.7. The lowest BCUT2D eigenvalue weighted by Gasteiger charge is -2.23. The van der Waals surface area contributed by atoms with Crippen molar-refractivity contribution in [2.24, 2.45) is 0 Å². The van der Waals surface area contributed by atoms with Crippen LogP contribution in [0.1, 0.15) is 13.8 Å². The lowest BCUT2D eigenvalue weighted by molar-refractivity contribution is -0.152. The van der Waals surface area contributed by atoms with E-state index in [0.29, 0.717) is 0 Å². The van der Waals surface area contributed by atoms with E-state index < -0.39 is 17.7 Å². The molecule has 106 valence electrons. The molecule has 1 aromatic rings. The van der Waals surface area contributed by atoms with Crippen LogP contribution in [-0.4, -0.2) is 47.0 Å². The van der Waals surface area contributed by atoms with Crippen LogP contribution in [0.5, 0.6) is 17.8 Å². The van der Waals surface area contributed by atoms with Gasteiger partial charge in [-0.3, -0.25) is 0 Å². The van der Waals surface area contributed by atoms with E-state index in [-0.39, 0.29) is 17.8 Å². The Morgan fingerprint density at radius 2 is 1.79 bits per heavy atom. The van der Waals surface area contributed by atoms with Gasteiger partial charge in [-0.2, -0.15) is 9.97 Å². The maximum atomic E-state index is 13.7. The van der Waals surface area contributed by atoms with E-state index >= 15 is 0 Å². The molecule has 1 atom stereocenters. The molecule has 1 rings (SSSR count). The van der Waals surface area contributed by atoms with Crippen molar-refractivity contribution in [3.8, 4) is 17.8 Å². The van der Waals surface area contributed by atoms with Gasteiger partial charge in [0.2, 0.25) is 17.9 Å². The van der Waals surface area contributed by atoms with Crippen molar-refractivity contribution in [2.75, 3.05) is 14.2 Å². The number of carboxylic acids is 1. The van der Waals surface area contributed by atoms with Crippen LogP contribution in [-0.2, 0) is 4.79 Å². The van der Waals surface area contributed by atoms with Gasteiger partial charge in [0.1, 0.15) is 0 Å². The minimum atomic E-state index is -2.11. The molecule has 0 saturated carbocycles. The third-order valence-electron chi connectivity index (χ3n) is 2.15. The molecule has 0 radical (unpaired) electrons. The van der Waals surface area contributed by atoms with Crippen molar-refractivity contribution in [1.82, 2.24) is 9.97 Å². The maximum absolute atomic E-state index is 13.7. The van der Waals surface area contributed by atoms with E-state index in [4.69, 9.17) is 19.3 Å². The number of nitrogens with zero attached hydrogens (tertiary/aromatic N) is 2. The third kappa shape index (κ3) is 3.94. The molecule has 1 aromatic heterocycles. The van der Waals surface area contributed by atoms with Crippen LogP contribution in [0.15, 0.2) is 6.07 Å². The van der Waals surface area contributed by atoms with Gasteiger partial charge in [0, 0.05) is 0 Å². The summed E-state index contributed by atoms with van der Waals surface area (Å²) in [5.74, 6) is -1.23. The first-order valence-corrected chi connectivity index (χ1v) is 5.33. The Morgan fingerprint density at radius 1 is 1.32 bits per heavy atom. The highest BCUT2D eigenvalue weighted by Gasteiger charge is 2.38. The quantitative estimate of drug-likeness (QED) is 0.829. The fourth-order valence-electron chi connectivity index (χ4n) is 1.24. The standard InChI is InChI=1S/C11H15FN2O5/c1-11(2,12)8(9(15)16)19-10-13-6(17-3)5-7(14-10)18-4/h5,8H,1-4H3,(H,15,16). The highest BCUT2D eigenvalue weighted by molar-refractivity contribution is 5.74. The van der Waals surface area contributed by atoms with E-state index in [1.54, 1.807) is 0 Å². The van der Waals surface area contributed by atoms with Gasteiger partial charge in [0.05, 0.1) is 20.3 Å². The van der Waals surface area contributed by atoms with Gasteiger partial charge in [-0.1, -0.05) is 0 Å². The molecule has 7 nitrogen and oxygen atoms in total. The molecular formula is C11H15FN2O5. The average molecular weight is 274 g/mol. The largest absolute Gasteiger partial charge is 0.481 e. The van der Waals surface area contributed by atoms with Crippen molar-refractivity contribution in [1.29, 1.82) is 0 Å². The molecule has 1 heterocycles. The second kappa shape index (κ2) is 5.68. The average Bonchev–Trinajstić information content (AvgIpc) is 2.33. The second-order valence-corrected chi connectivity index (χ2v) is 4.14. The monoisotopic (exact) mass is 274 g/mol. The first-order valence-electron chi connectivity index (χ1n) is 5.33. The predicted molar refractivity (Wildman–Crippen MR) is 62.4 cm³/mol. The van der Waals surface area contributed by atoms with E-state index in [1.807, 2.05) is 0 Å². The number of carboxylic acid groups (broad SMARTS) is 1. The summed E-state index contributed by atoms with van der Waals surface area (Å²) in [4.78, 5) is 18.5. The van der Waals surface area contributed by atoms with E-state index in [2.05, 4.69) is 9.97 Å². The molecular weight excluding hydrogens is 259 g/mol. The first kappa shape index (κ1) is 14.9. The molecule has 0 saturated heterocycles. The van der Waals surface area contributed by atoms with E-state index in [1.165, 1.54) is 20.3 Å². The summed E-state index contributed by atoms with van der Waals surface area (Å²) >= 11 is 0. The van der Waals surface area contributed by atoms with E-state index in [9.17, 15) is 9.18 Å². The third-order valence-corrected chi connectivity index (χ3v) is 2.15. The summed E-state index contributed by atoms with van der Waals surface area (Å²) in [6, 6.07) is 1.04. The first-order chi connectivity index (χ1) is 8.77. The Balaban J connectivity index is 3.05. The van der Waals surface area contributed by atoms with Crippen molar-refractivity contribution in [3.05, 3.63) is 6.07 Å². The van der Waals surface area contributed by atoms with Crippen LogP contribution in [0.25, 0.3) is 0 Å². The van der Waals surface area contributed by atoms with Crippen molar-refractivity contribution in [3.63, 3.8) is 0 Å². The molecule has 0 spiro atoms. The highest BCUT2D eigenvalue weighted by atomic mass is 19.1. The summed E-state index contributed by atoms with van der Waals surface area (Å²) in [7, 11) is 2.72. The van der Waals surface area contributed by atoms with Gasteiger partial charge < -0.3 is 19.3 Å². The molecule has 19 heavy (non-hydrogen) atoms. The van der Waals surface area contributed by atoms with Crippen LogP contribution in [0.2, 0.25) is 0 Å². The van der Waals surface area contributed by atoms with Crippen LogP contribution < -0.4 is 14.2 Å². The minimum Gasteiger partial charge on any atom is -0.481 e. The highest BCUT2D eigenvalue weighted by Crippen LogP contribution is 2.23. The molecule has 0 amide bonds. The van der Waals surface area contributed by atoms with Crippen LogP contribution in [0.4, 0.5) is 4.39 Å². The van der Waals surface area contributed by atoms with Crippen LogP contribution >= 0.6 is 0 Å². The van der Waals surface area contributed by atoms with Crippen LogP contribution in [0, 0.1) is 0 Å². The van der Waals surface area contributed by atoms with Gasteiger partial charge in [0.15, 0.2) is 5.67 Å². The second-order valence-electron chi connectivity index (χ2n) is 4.14. The summed E-state index contributed by atoms with van der Waals surface area (Å²) in [6.07, 6.45) is -1.75. The Labute approximate surface area is 109 Å². The van der Waals surface area contributed by atoms with Crippen molar-refractivity contribution in [2.45, 2.75) is 25.6 Å². The number of hydrogen-bond acceptors (Lipinski definition) is 6. The number of alkyl halides is 1. The number of rotatable bonds is 6. The Morgan fingerprint density at radius 3 is 2.11 bits per heavy atom. The molecule has 8 heteroatoms. The maximum Gasteiger partial charge on any atom is 0.348 e. The number of aliphatic carboxylic acids is 1. The van der Waals surface area contributed by atoms with Gasteiger partial charge >= 0.3 is 12.0 Å².